The van der Waals surface area contributed by atoms with Crippen molar-refractivity contribution in [2.75, 3.05) is 18.4 Å². The standard InChI is InChI=1S/C17H19ClN2O2S/c1-2-20(11-16(22)12-4-3-5-15(21)10-12)17(23)19-14-8-6-13(18)7-9-14/h3-10,16,21-22H,2,11H2,1H3,(H,19,23). The van der Waals surface area contributed by atoms with Gasteiger partial charge in [-0.05, 0) is 61.1 Å². The number of rotatable bonds is 5. The number of thiocarbonyl (C=S) groups is 1. The maximum Gasteiger partial charge on any atom is 0.173 e. The number of halogens is 1. The minimum atomic E-state index is -0.744. The van der Waals surface area contributed by atoms with Gasteiger partial charge >= 0.3 is 0 Å². The van der Waals surface area contributed by atoms with Gasteiger partial charge in [-0.1, -0.05) is 23.7 Å². The van der Waals surface area contributed by atoms with Gasteiger partial charge in [0.05, 0.1) is 12.6 Å². The van der Waals surface area contributed by atoms with Crippen molar-refractivity contribution in [3.8, 4) is 5.75 Å². The third-order valence-corrected chi connectivity index (χ3v) is 4.02. The van der Waals surface area contributed by atoms with Crippen LogP contribution >= 0.6 is 23.8 Å². The molecule has 1 atom stereocenters. The average Bonchev–Trinajstić information content (AvgIpc) is 2.54. The minimum Gasteiger partial charge on any atom is -0.508 e. The zero-order chi connectivity index (χ0) is 16.8. The molecule has 0 saturated carbocycles. The van der Waals surface area contributed by atoms with Crippen LogP contribution in [0.5, 0.6) is 5.75 Å². The number of aliphatic hydroxyl groups is 1. The summed E-state index contributed by atoms with van der Waals surface area (Å²) in [7, 11) is 0. The number of aliphatic hydroxyl groups excluding tert-OH is 1. The number of hydrogen-bond donors (Lipinski definition) is 3. The molecule has 122 valence electrons. The Labute approximate surface area is 146 Å². The van der Waals surface area contributed by atoms with Crippen molar-refractivity contribution in [3.05, 3.63) is 59.1 Å². The normalized spacial score (nSPS) is 11.8. The fraction of sp³-hybridized carbons (Fsp3) is 0.235. The zero-order valence-electron chi connectivity index (χ0n) is 12.7. The number of aromatic hydroxyl groups is 1. The molecular formula is C17H19ClN2O2S. The summed E-state index contributed by atoms with van der Waals surface area (Å²) in [6.07, 6.45) is -0.744. The van der Waals surface area contributed by atoms with Gasteiger partial charge in [-0.3, -0.25) is 0 Å². The first kappa shape index (κ1) is 17.5. The fourth-order valence-electron chi connectivity index (χ4n) is 2.14. The van der Waals surface area contributed by atoms with Gasteiger partial charge in [0, 0.05) is 17.3 Å². The Morgan fingerprint density at radius 3 is 2.57 bits per heavy atom. The Bertz CT molecular complexity index is 664. The summed E-state index contributed by atoms with van der Waals surface area (Å²) in [5, 5.41) is 24.2. The summed E-state index contributed by atoms with van der Waals surface area (Å²) in [5.74, 6) is 0.131. The second-order valence-corrected chi connectivity index (χ2v) is 5.91. The number of anilines is 1. The minimum absolute atomic E-state index is 0.131. The summed E-state index contributed by atoms with van der Waals surface area (Å²) in [5.41, 5.74) is 1.49. The van der Waals surface area contributed by atoms with Gasteiger partial charge < -0.3 is 20.4 Å². The van der Waals surface area contributed by atoms with Crippen LogP contribution in [0.2, 0.25) is 5.02 Å². The van der Waals surface area contributed by atoms with Crippen molar-refractivity contribution in [1.82, 2.24) is 4.90 Å². The lowest BCUT2D eigenvalue weighted by Crippen LogP contribution is -2.37. The van der Waals surface area contributed by atoms with Gasteiger partial charge in [0.15, 0.2) is 5.11 Å². The molecule has 4 nitrogen and oxygen atoms in total. The summed E-state index contributed by atoms with van der Waals surface area (Å²) >= 11 is 11.3. The van der Waals surface area contributed by atoms with E-state index in [0.29, 0.717) is 28.8 Å². The molecule has 2 aromatic rings. The van der Waals surface area contributed by atoms with Crippen molar-refractivity contribution in [1.29, 1.82) is 0 Å². The highest BCUT2D eigenvalue weighted by Crippen LogP contribution is 2.20. The van der Waals surface area contributed by atoms with Gasteiger partial charge in [0.2, 0.25) is 0 Å². The van der Waals surface area contributed by atoms with Crippen LogP contribution in [0, 0.1) is 0 Å². The lowest BCUT2D eigenvalue weighted by atomic mass is 10.1. The first-order valence-electron chi connectivity index (χ1n) is 7.28. The molecule has 2 rings (SSSR count). The lowest BCUT2D eigenvalue weighted by molar-refractivity contribution is 0.146. The Balaban J connectivity index is 2.01. The van der Waals surface area contributed by atoms with Crippen LogP contribution in [0.25, 0.3) is 0 Å². The van der Waals surface area contributed by atoms with Crippen molar-refractivity contribution in [2.45, 2.75) is 13.0 Å². The van der Waals surface area contributed by atoms with Crippen LogP contribution in [0.4, 0.5) is 5.69 Å². The second-order valence-electron chi connectivity index (χ2n) is 5.09. The van der Waals surface area contributed by atoms with E-state index in [4.69, 9.17) is 23.8 Å². The number of nitrogens with one attached hydrogen (secondary N) is 1. The molecule has 0 aliphatic heterocycles. The highest BCUT2D eigenvalue weighted by Gasteiger charge is 2.15. The fourth-order valence-corrected chi connectivity index (χ4v) is 2.59. The third kappa shape index (κ3) is 5.10. The largest absolute Gasteiger partial charge is 0.508 e. The Morgan fingerprint density at radius 2 is 1.96 bits per heavy atom. The molecule has 0 saturated heterocycles. The van der Waals surface area contributed by atoms with Crippen molar-refractivity contribution in [3.63, 3.8) is 0 Å². The zero-order valence-corrected chi connectivity index (χ0v) is 14.3. The number of likely N-dealkylation sites (N-methyl/N-ethyl adjacent to an activating group) is 1. The monoisotopic (exact) mass is 350 g/mol. The Kier molecular flexibility index (Phi) is 6.21. The van der Waals surface area contributed by atoms with Crippen LogP contribution in [-0.2, 0) is 0 Å². The predicted octanol–water partition coefficient (Wildman–Crippen LogP) is 3.80. The summed E-state index contributed by atoms with van der Waals surface area (Å²) < 4.78 is 0. The topological polar surface area (TPSA) is 55.7 Å². The van der Waals surface area contributed by atoms with Crippen LogP contribution in [0.3, 0.4) is 0 Å². The molecule has 0 radical (unpaired) electrons. The summed E-state index contributed by atoms with van der Waals surface area (Å²) in [4.78, 5) is 1.86. The smallest absolute Gasteiger partial charge is 0.173 e. The van der Waals surface area contributed by atoms with E-state index < -0.39 is 6.10 Å². The van der Waals surface area contributed by atoms with E-state index in [0.717, 1.165) is 5.69 Å². The van der Waals surface area contributed by atoms with E-state index in [1.807, 2.05) is 24.0 Å². The third-order valence-electron chi connectivity index (χ3n) is 3.41. The van der Waals surface area contributed by atoms with Gasteiger partial charge in [-0.25, -0.2) is 0 Å². The van der Waals surface area contributed by atoms with Crippen LogP contribution < -0.4 is 5.32 Å². The predicted molar refractivity (Wildman–Crippen MR) is 98.0 cm³/mol. The Morgan fingerprint density at radius 1 is 1.26 bits per heavy atom. The van der Waals surface area contributed by atoms with E-state index in [1.165, 1.54) is 0 Å². The van der Waals surface area contributed by atoms with Crippen LogP contribution in [0.15, 0.2) is 48.5 Å². The molecule has 0 amide bonds. The summed E-state index contributed by atoms with van der Waals surface area (Å²) in [6.45, 7) is 2.94. The van der Waals surface area contributed by atoms with Crippen molar-refractivity contribution < 1.29 is 10.2 Å². The average molecular weight is 351 g/mol. The maximum atomic E-state index is 10.3. The van der Waals surface area contributed by atoms with Crippen LogP contribution in [-0.4, -0.2) is 33.3 Å². The van der Waals surface area contributed by atoms with E-state index >= 15 is 0 Å². The van der Waals surface area contributed by atoms with Crippen molar-refractivity contribution in [2.24, 2.45) is 0 Å². The maximum absolute atomic E-state index is 10.3. The molecule has 2 aromatic carbocycles. The molecule has 0 heterocycles. The van der Waals surface area contributed by atoms with Gasteiger partial charge in [-0.2, -0.15) is 0 Å². The van der Waals surface area contributed by atoms with Gasteiger partial charge in [0.25, 0.3) is 0 Å². The van der Waals surface area contributed by atoms with Crippen LogP contribution in [0.1, 0.15) is 18.6 Å². The first-order valence-corrected chi connectivity index (χ1v) is 8.06. The molecule has 0 fully saturated rings. The molecule has 0 aliphatic carbocycles. The van der Waals surface area contributed by atoms with E-state index in [9.17, 15) is 10.2 Å². The number of phenolic OH excluding ortho intramolecular Hbond substituents is 1. The Hall–Kier alpha value is -1.82. The van der Waals surface area contributed by atoms with E-state index in [2.05, 4.69) is 5.32 Å². The molecule has 6 heteroatoms. The number of phenols is 1. The summed E-state index contributed by atoms with van der Waals surface area (Å²) in [6, 6.07) is 13.8. The van der Waals surface area contributed by atoms with E-state index in [1.54, 1.807) is 36.4 Å². The SMILES string of the molecule is CCN(CC(O)c1cccc(O)c1)C(=S)Nc1ccc(Cl)cc1. The molecule has 3 N–H and O–H groups in total. The number of nitrogens with zero attached hydrogens (tertiary/aromatic N) is 1. The highest BCUT2D eigenvalue weighted by molar-refractivity contribution is 7.80. The van der Waals surface area contributed by atoms with Gasteiger partial charge in [-0.15, -0.1) is 0 Å². The molecule has 1 unspecified atom stereocenters. The molecule has 23 heavy (non-hydrogen) atoms. The van der Waals surface area contributed by atoms with E-state index in [-0.39, 0.29) is 5.75 Å². The second kappa shape index (κ2) is 8.15. The molecule has 0 bridgehead atoms. The van der Waals surface area contributed by atoms with Gasteiger partial charge in [0.1, 0.15) is 5.75 Å². The molecule has 0 aliphatic rings. The molecular weight excluding hydrogens is 332 g/mol. The number of benzene rings is 2. The highest BCUT2D eigenvalue weighted by atomic mass is 35.5. The first-order chi connectivity index (χ1) is 11.0. The lowest BCUT2D eigenvalue weighted by Gasteiger charge is -2.27. The quantitative estimate of drug-likeness (QED) is 0.716. The molecule has 0 aromatic heterocycles. The number of hydrogen-bond acceptors (Lipinski definition) is 3. The molecule has 0 spiro atoms. The van der Waals surface area contributed by atoms with Crippen molar-refractivity contribution >= 4 is 34.6 Å².